The minimum Gasteiger partial charge on any atom is -0.491 e. The number of benzene rings is 1. The number of aliphatic hydroxyl groups is 2. The van der Waals surface area contributed by atoms with Gasteiger partial charge in [-0.2, -0.15) is 0 Å². The number of hydrogen-bond acceptors (Lipinski definition) is 6. The molecule has 0 saturated carbocycles. The highest BCUT2D eigenvalue weighted by Crippen LogP contribution is 2.31. The number of non-ortho nitro benzene ring substituents is 1. The number of nitrogens with zero attached hydrogens (tertiary/aromatic N) is 2. The number of anilines is 1. The zero-order valence-electron chi connectivity index (χ0n) is 11.4. The monoisotopic (exact) mass is 282 g/mol. The van der Waals surface area contributed by atoms with Crippen molar-refractivity contribution < 1.29 is 19.9 Å². The van der Waals surface area contributed by atoms with Crippen LogP contribution in [0.15, 0.2) is 18.2 Å². The molecule has 0 aromatic heterocycles. The van der Waals surface area contributed by atoms with Crippen LogP contribution in [-0.4, -0.2) is 46.5 Å². The van der Waals surface area contributed by atoms with E-state index in [1.165, 1.54) is 12.1 Å². The lowest BCUT2D eigenvalue weighted by Crippen LogP contribution is -2.22. The maximum atomic E-state index is 11.0. The van der Waals surface area contributed by atoms with Gasteiger partial charge >= 0.3 is 0 Å². The van der Waals surface area contributed by atoms with Gasteiger partial charge in [0.25, 0.3) is 5.69 Å². The molecule has 2 N–H and O–H groups in total. The van der Waals surface area contributed by atoms with Gasteiger partial charge in [-0.05, 0) is 13.8 Å². The number of ether oxygens (including phenoxy) is 1. The first-order valence-corrected chi connectivity index (χ1v) is 6.44. The highest BCUT2D eigenvalue weighted by atomic mass is 16.6. The lowest BCUT2D eigenvalue weighted by molar-refractivity contribution is -0.384. The van der Waals surface area contributed by atoms with Gasteiger partial charge in [0.15, 0.2) is 0 Å². The SMILES string of the molecule is CC(C)Oc1cc(N2CC(O)C(O)C2)cc([N+](=O)[O-])c1. The second-order valence-electron chi connectivity index (χ2n) is 5.15. The molecule has 2 atom stereocenters. The molecule has 7 heteroatoms. The summed E-state index contributed by atoms with van der Waals surface area (Å²) in [5.74, 6) is 0.403. The smallest absolute Gasteiger partial charge is 0.275 e. The molecule has 20 heavy (non-hydrogen) atoms. The Kier molecular flexibility index (Phi) is 4.10. The van der Waals surface area contributed by atoms with Gasteiger partial charge in [0.2, 0.25) is 0 Å². The normalized spacial score (nSPS) is 22.4. The maximum Gasteiger partial charge on any atom is 0.275 e. The summed E-state index contributed by atoms with van der Waals surface area (Å²) < 4.78 is 5.50. The van der Waals surface area contributed by atoms with Gasteiger partial charge in [0.05, 0.1) is 29.3 Å². The highest BCUT2D eigenvalue weighted by molar-refractivity contribution is 5.59. The second-order valence-corrected chi connectivity index (χ2v) is 5.15. The molecule has 0 radical (unpaired) electrons. The number of aliphatic hydroxyl groups excluding tert-OH is 2. The Balaban J connectivity index is 2.32. The average Bonchev–Trinajstić information content (AvgIpc) is 2.68. The molecule has 1 aliphatic rings. The van der Waals surface area contributed by atoms with Gasteiger partial charge in [-0.1, -0.05) is 0 Å². The van der Waals surface area contributed by atoms with Gasteiger partial charge in [0, 0.05) is 30.9 Å². The summed E-state index contributed by atoms with van der Waals surface area (Å²) in [6.07, 6.45) is -1.79. The molecule has 2 rings (SSSR count). The molecular formula is C13H18N2O5. The molecule has 0 bridgehead atoms. The fourth-order valence-electron chi connectivity index (χ4n) is 2.18. The largest absolute Gasteiger partial charge is 0.491 e. The number of β-amino-alcohol motifs (C(OH)–C–C–N with tert-alkyl or cyclic N) is 2. The van der Waals surface area contributed by atoms with Crippen LogP contribution in [0.1, 0.15) is 13.8 Å². The zero-order chi connectivity index (χ0) is 14.9. The van der Waals surface area contributed by atoms with Crippen LogP contribution in [-0.2, 0) is 0 Å². The zero-order valence-corrected chi connectivity index (χ0v) is 11.4. The van der Waals surface area contributed by atoms with Crippen LogP contribution in [0.2, 0.25) is 0 Å². The average molecular weight is 282 g/mol. The van der Waals surface area contributed by atoms with E-state index in [2.05, 4.69) is 0 Å². The van der Waals surface area contributed by atoms with Gasteiger partial charge in [-0.3, -0.25) is 10.1 Å². The molecule has 7 nitrogen and oxygen atoms in total. The number of nitro groups is 1. The summed E-state index contributed by atoms with van der Waals surface area (Å²) in [4.78, 5) is 12.2. The lowest BCUT2D eigenvalue weighted by atomic mass is 10.2. The van der Waals surface area contributed by atoms with E-state index < -0.39 is 17.1 Å². The van der Waals surface area contributed by atoms with Gasteiger partial charge in [-0.25, -0.2) is 0 Å². The van der Waals surface area contributed by atoms with E-state index in [1.807, 2.05) is 13.8 Å². The maximum absolute atomic E-state index is 11.0. The predicted octanol–water partition coefficient (Wildman–Crippen LogP) is 0.924. The Morgan fingerprint density at radius 2 is 1.90 bits per heavy atom. The third-order valence-corrected chi connectivity index (χ3v) is 3.08. The summed E-state index contributed by atoms with van der Waals surface area (Å²) in [7, 11) is 0. The van der Waals surface area contributed by atoms with Gasteiger partial charge in [0.1, 0.15) is 5.75 Å². The first-order chi connectivity index (χ1) is 9.36. The molecular weight excluding hydrogens is 264 g/mol. The highest BCUT2D eigenvalue weighted by Gasteiger charge is 2.30. The lowest BCUT2D eigenvalue weighted by Gasteiger charge is -2.19. The molecule has 1 saturated heterocycles. The molecule has 1 aromatic rings. The van der Waals surface area contributed by atoms with Crippen molar-refractivity contribution in [2.24, 2.45) is 0 Å². The standard InChI is InChI=1S/C13H18N2O5/c1-8(2)20-11-4-9(3-10(5-11)15(18)19)14-6-12(16)13(17)7-14/h3-5,8,12-13,16-17H,6-7H2,1-2H3. The third-order valence-electron chi connectivity index (χ3n) is 3.08. The summed E-state index contributed by atoms with van der Waals surface area (Å²) in [5, 5.41) is 30.1. The number of hydrogen-bond donors (Lipinski definition) is 2. The minimum absolute atomic E-state index is 0.0750. The van der Waals surface area contributed by atoms with Crippen molar-refractivity contribution in [3.63, 3.8) is 0 Å². The predicted molar refractivity (Wildman–Crippen MR) is 73.1 cm³/mol. The third kappa shape index (κ3) is 3.17. The molecule has 0 amide bonds. The van der Waals surface area contributed by atoms with Crippen molar-refractivity contribution in [1.82, 2.24) is 0 Å². The van der Waals surface area contributed by atoms with Gasteiger partial charge < -0.3 is 19.8 Å². The van der Waals surface area contributed by atoms with E-state index in [0.717, 1.165) is 0 Å². The van der Waals surface area contributed by atoms with Crippen molar-refractivity contribution in [2.45, 2.75) is 32.2 Å². The van der Waals surface area contributed by atoms with E-state index in [4.69, 9.17) is 4.74 Å². The van der Waals surface area contributed by atoms with Crippen molar-refractivity contribution >= 4 is 11.4 Å². The Hall–Kier alpha value is -1.86. The number of rotatable bonds is 4. The first-order valence-electron chi connectivity index (χ1n) is 6.44. The molecule has 2 unspecified atom stereocenters. The van der Waals surface area contributed by atoms with E-state index >= 15 is 0 Å². The van der Waals surface area contributed by atoms with Crippen LogP contribution in [0.25, 0.3) is 0 Å². The molecule has 1 aliphatic heterocycles. The fraction of sp³-hybridized carbons (Fsp3) is 0.538. The fourth-order valence-corrected chi connectivity index (χ4v) is 2.18. The van der Waals surface area contributed by atoms with Crippen molar-refractivity contribution in [2.75, 3.05) is 18.0 Å². The topological polar surface area (TPSA) is 96.1 Å². The second kappa shape index (κ2) is 5.64. The summed E-state index contributed by atoms with van der Waals surface area (Å²) >= 11 is 0. The Morgan fingerprint density at radius 3 is 2.40 bits per heavy atom. The Labute approximate surface area is 116 Å². The quantitative estimate of drug-likeness (QED) is 0.630. The van der Waals surface area contributed by atoms with Gasteiger partial charge in [-0.15, -0.1) is 0 Å². The van der Waals surface area contributed by atoms with Crippen molar-refractivity contribution in [3.05, 3.63) is 28.3 Å². The van der Waals surface area contributed by atoms with E-state index in [1.54, 1.807) is 11.0 Å². The van der Waals surface area contributed by atoms with Crippen LogP contribution < -0.4 is 9.64 Å². The van der Waals surface area contributed by atoms with E-state index in [-0.39, 0.29) is 24.9 Å². The summed E-state index contributed by atoms with van der Waals surface area (Å²) in [5.41, 5.74) is 0.486. The minimum atomic E-state index is -0.844. The van der Waals surface area contributed by atoms with E-state index in [0.29, 0.717) is 11.4 Å². The van der Waals surface area contributed by atoms with Crippen LogP contribution >= 0.6 is 0 Å². The molecule has 0 spiro atoms. The number of nitro benzene ring substituents is 1. The van der Waals surface area contributed by atoms with E-state index in [9.17, 15) is 20.3 Å². The Morgan fingerprint density at radius 1 is 1.30 bits per heavy atom. The molecule has 1 heterocycles. The van der Waals surface area contributed by atoms with Crippen LogP contribution in [0.5, 0.6) is 5.75 Å². The van der Waals surface area contributed by atoms with Crippen LogP contribution in [0.3, 0.4) is 0 Å². The summed E-state index contributed by atoms with van der Waals surface area (Å²) in [6, 6.07) is 4.46. The molecule has 0 aliphatic carbocycles. The van der Waals surface area contributed by atoms with Crippen molar-refractivity contribution in [3.8, 4) is 5.75 Å². The summed E-state index contributed by atoms with van der Waals surface area (Å²) in [6.45, 7) is 4.15. The Bertz CT molecular complexity index is 496. The van der Waals surface area contributed by atoms with Crippen LogP contribution in [0.4, 0.5) is 11.4 Å². The van der Waals surface area contributed by atoms with Crippen molar-refractivity contribution in [1.29, 1.82) is 0 Å². The molecule has 1 aromatic carbocycles. The molecule has 1 fully saturated rings. The van der Waals surface area contributed by atoms with Crippen LogP contribution in [0, 0.1) is 10.1 Å². The molecule has 110 valence electrons. The first kappa shape index (κ1) is 14.5.